The average Bonchev–Trinajstić information content (AvgIpc) is 2.92. The van der Waals surface area contributed by atoms with Crippen molar-refractivity contribution in [3.05, 3.63) is 18.2 Å². The second-order valence-corrected chi connectivity index (χ2v) is 6.20. The third-order valence-electron chi connectivity index (χ3n) is 4.54. The van der Waals surface area contributed by atoms with Crippen LogP contribution in [0.2, 0.25) is 0 Å². The predicted molar refractivity (Wildman–Crippen MR) is 84.9 cm³/mol. The van der Waals surface area contributed by atoms with Gasteiger partial charge in [0.2, 0.25) is 0 Å². The van der Waals surface area contributed by atoms with Gasteiger partial charge in [0.05, 0.1) is 0 Å². The maximum atomic E-state index is 4.52. The number of rotatable bonds is 8. The molecule has 1 unspecified atom stereocenters. The van der Waals surface area contributed by atoms with Gasteiger partial charge in [0.25, 0.3) is 0 Å². The highest BCUT2D eigenvalue weighted by atomic mass is 15.1. The molecular weight excluding hydrogens is 246 g/mol. The fraction of sp³-hybridized carbons (Fsp3) is 0.824. The molecule has 0 aromatic carbocycles. The Labute approximate surface area is 124 Å². The van der Waals surface area contributed by atoms with Gasteiger partial charge in [0.15, 0.2) is 0 Å². The zero-order chi connectivity index (χ0) is 14.2. The smallest absolute Gasteiger partial charge is 0.108 e. The van der Waals surface area contributed by atoms with Gasteiger partial charge in [-0.05, 0) is 38.1 Å². The zero-order valence-corrected chi connectivity index (χ0v) is 13.3. The highest BCUT2D eigenvalue weighted by molar-refractivity contribution is 4.94. The number of imidazole rings is 1. The molecule has 20 heavy (non-hydrogen) atoms. The van der Waals surface area contributed by atoms with Gasteiger partial charge in [0.1, 0.15) is 5.82 Å². The normalized spacial score (nSPS) is 18.3. The van der Waals surface area contributed by atoms with Crippen LogP contribution in [0.1, 0.15) is 64.6 Å². The maximum absolute atomic E-state index is 4.52. The average molecular weight is 277 g/mol. The molecule has 1 aromatic heterocycles. The Hall–Kier alpha value is -0.830. The number of nitrogens with zero attached hydrogens (tertiary/aromatic N) is 2. The molecule has 1 aliphatic rings. The largest absolute Gasteiger partial charge is 0.333 e. The highest BCUT2D eigenvalue weighted by Gasteiger charge is 2.23. The molecule has 0 bridgehead atoms. The predicted octanol–water partition coefficient (Wildman–Crippen LogP) is 3.78. The van der Waals surface area contributed by atoms with E-state index in [1.54, 1.807) is 0 Å². The Morgan fingerprint density at radius 3 is 2.75 bits per heavy atom. The molecule has 0 radical (unpaired) electrons. The lowest BCUT2D eigenvalue weighted by atomic mass is 9.83. The summed E-state index contributed by atoms with van der Waals surface area (Å²) in [6.07, 6.45) is 14.7. The quantitative estimate of drug-likeness (QED) is 0.783. The van der Waals surface area contributed by atoms with Crippen molar-refractivity contribution in [1.82, 2.24) is 14.9 Å². The van der Waals surface area contributed by atoms with E-state index in [1.165, 1.54) is 50.8 Å². The van der Waals surface area contributed by atoms with Gasteiger partial charge in [-0.3, -0.25) is 0 Å². The Bertz CT molecular complexity index is 366. The molecule has 1 saturated carbocycles. The summed E-state index contributed by atoms with van der Waals surface area (Å²) in [6.45, 7) is 6.72. The topological polar surface area (TPSA) is 29.9 Å². The van der Waals surface area contributed by atoms with Gasteiger partial charge in [-0.25, -0.2) is 4.98 Å². The lowest BCUT2D eigenvalue weighted by Gasteiger charge is -2.31. The van der Waals surface area contributed by atoms with Gasteiger partial charge in [-0.1, -0.05) is 33.1 Å². The number of hydrogen-bond donors (Lipinski definition) is 1. The first-order valence-corrected chi connectivity index (χ1v) is 8.58. The molecular formula is C17H31N3. The molecule has 1 aliphatic carbocycles. The molecule has 0 spiro atoms. The van der Waals surface area contributed by atoms with Crippen molar-refractivity contribution in [3.8, 4) is 0 Å². The summed E-state index contributed by atoms with van der Waals surface area (Å²) in [4.78, 5) is 4.52. The van der Waals surface area contributed by atoms with Crippen LogP contribution in [0.4, 0.5) is 0 Å². The first-order chi connectivity index (χ1) is 9.85. The Kier molecular flexibility index (Phi) is 6.58. The van der Waals surface area contributed by atoms with Crippen LogP contribution in [-0.4, -0.2) is 22.1 Å². The minimum atomic E-state index is 0.625. The molecule has 0 saturated heterocycles. The van der Waals surface area contributed by atoms with Crippen molar-refractivity contribution in [2.24, 2.45) is 5.92 Å². The van der Waals surface area contributed by atoms with E-state index in [-0.39, 0.29) is 0 Å². The first-order valence-electron chi connectivity index (χ1n) is 8.58. The van der Waals surface area contributed by atoms with Gasteiger partial charge in [-0.15, -0.1) is 0 Å². The first kappa shape index (κ1) is 15.6. The lowest BCUT2D eigenvalue weighted by Crippen LogP contribution is -2.41. The number of hydrogen-bond acceptors (Lipinski definition) is 2. The summed E-state index contributed by atoms with van der Waals surface area (Å²) in [5.41, 5.74) is 0. The van der Waals surface area contributed by atoms with Crippen molar-refractivity contribution in [1.29, 1.82) is 0 Å². The van der Waals surface area contributed by atoms with E-state index in [4.69, 9.17) is 0 Å². The molecule has 0 amide bonds. The Morgan fingerprint density at radius 2 is 2.05 bits per heavy atom. The lowest BCUT2D eigenvalue weighted by molar-refractivity contribution is 0.246. The molecule has 0 aliphatic heterocycles. The van der Waals surface area contributed by atoms with E-state index >= 15 is 0 Å². The molecule has 1 atom stereocenters. The van der Waals surface area contributed by atoms with Gasteiger partial charge < -0.3 is 9.88 Å². The molecule has 114 valence electrons. The van der Waals surface area contributed by atoms with Gasteiger partial charge >= 0.3 is 0 Å². The maximum Gasteiger partial charge on any atom is 0.108 e. The van der Waals surface area contributed by atoms with E-state index < -0.39 is 0 Å². The number of aryl methyl sites for hydroxylation is 1. The second-order valence-electron chi connectivity index (χ2n) is 6.20. The molecule has 2 rings (SSSR count). The van der Waals surface area contributed by atoms with Crippen LogP contribution < -0.4 is 5.32 Å². The van der Waals surface area contributed by atoms with Crippen LogP contribution in [0.5, 0.6) is 0 Å². The van der Waals surface area contributed by atoms with Crippen LogP contribution in [0.25, 0.3) is 0 Å². The SMILES string of the molecule is CCCNC(Cn1ccnc1CCC)C1CCCCC1. The summed E-state index contributed by atoms with van der Waals surface area (Å²) in [5.74, 6) is 2.11. The number of nitrogens with one attached hydrogen (secondary N) is 1. The van der Waals surface area contributed by atoms with Crippen molar-refractivity contribution >= 4 is 0 Å². The molecule has 1 aromatic rings. The summed E-state index contributed by atoms with van der Waals surface area (Å²) < 4.78 is 2.38. The van der Waals surface area contributed by atoms with E-state index in [0.29, 0.717) is 6.04 Å². The van der Waals surface area contributed by atoms with E-state index in [9.17, 15) is 0 Å². The monoisotopic (exact) mass is 277 g/mol. The standard InChI is InChI=1S/C17H31N3/c1-3-8-17-19-12-13-20(17)14-16(18-11-4-2)15-9-6-5-7-10-15/h12-13,15-16,18H,3-11,14H2,1-2H3. The van der Waals surface area contributed by atoms with Crippen LogP contribution in [0, 0.1) is 5.92 Å². The van der Waals surface area contributed by atoms with Crippen molar-refractivity contribution in [2.45, 2.75) is 77.8 Å². The highest BCUT2D eigenvalue weighted by Crippen LogP contribution is 2.27. The Morgan fingerprint density at radius 1 is 1.25 bits per heavy atom. The molecule has 3 nitrogen and oxygen atoms in total. The summed E-state index contributed by atoms with van der Waals surface area (Å²) in [7, 11) is 0. The second kappa shape index (κ2) is 8.46. The molecule has 3 heteroatoms. The van der Waals surface area contributed by atoms with Gasteiger partial charge in [0, 0.05) is 31.4 Å². The van der Waals surface area contributed by atoms with Crippen LogP contribution in [-0.2, 0) is 13.0 Å². The minimum Gasteiger partial charge on any atom is -0.333 e. The van der Waals surface area contributed by atoms with Crippen LogP contribution in [0.3, 0.4) is 0 Å². The summed E-state index contributed by atoms with van der Waals surface area (Å²) in [6, 6.07) is 0.625. The third kappa shape index (κ3) is 4.34. The summed E-state index contributed by atoms with van der Waals surface area (Å²) >= 11 is 0. The fourth-order valence-corrected chi connectivity index (χ4v) is 3.42. The third-order valence-corrected chi connectivity index (χ3v) is 4.54. The van der Waals surface area contributed by atoms with Crippen LogP contribution >= 0.6 is 0 Å². The van der Waals surface area contributed by atoms with E-state index in [2.05, 4.69) is 34.9 Å². The van der Waals surface area contributed by atoms with Crippen molar-refractivity contribution in [3.63, 3.8) is 0 Å². The van der Waals surface area contributed by atoms with Crippen LogP contribution in [0.15, 0.2) is 12.4 Å². The van der Waals surface area contributed by atoms with Gasteiger partial charge in [-0.2, -0.15) is 0 Å². The van der Waals surface area contributed by atoms with Crippen molar-refractivity contribution < 1.29 is 0 Å². The molecule has 1 fully saturated rings. The Balaban J connectivity index is 1.99. The van der Waals surface area contributed by atoms with Crippen molar-refractivity contribution in [2.75, 3.05) is 6.54 Å². The fourth-order valence-electron chi connectivity index (χ4n) is 3.42. The minimum absolute atomic E-state index is 0.625. The van der Waals surface area contributed by atoms with E-state index in [1.807, 2.05) is 6.20 Å². The number of aromatic nitrogens is 2. The summed E-state index contributed by atoms with van der Waals surface area (Å²) in [5, 5.41) is 3.80. The van der Waals surface area contributed by atoms with E-state index in [0.717, 1.165) is 25.4 Å². The molecule has 1 N–H and O–H groups in total. The zero-order valence-electron chi connectivity index (χ0n) is 13.3. The molecule has 1 heterocycles.